The lowest BCUT2D eigenvalue weighted by molar-refractivity contribution is -0.384. The van der Waals surface area contributed by atoms with Crippen molar-refractivity contribution >= 4 is 39.0 Å². The maximum Gasteiger partial charge on any atom is 0.303 e. The molecule has 7 heteroatoms. The molecule has 1 unspecified atom stereocenters. The van der Waals surface area contributed by atoms with E-state index in [1.165, 1.54) is 13.0 Å². The summed E-state index contributed by atoms with van der Waals surface area (Å²) in [5, 5.41) is 14.1. The van der Waals surface area contributed by atoms with Crippen LogP contribution in [0.3, 0.4) is 0 Å². The first-order valence-electron chi connectivity index (χ1n) is 6.85. The summed E-state index contributed by atoms with van der Waals surface area (Å²) in [6.45, 7) is 3.14. The van der Waals surface area contributed by atoms with Crippen molar-refractivity contribution in [3.63, 3.8) is 0 Å². The Labute approximate surface area is 141 Å². The number of benzene rings is 2. The molecule has 0 aliphatic carbocycles. The summed E-state index contributed by atoms with van der Waals surface area (Å²) in [6, 6.07) is 12.0. The van der Waals surface area contributed by atoms with Gasteiger partial charge in [0.05, 0.1) is 4.92 Å². The number of carbonyl (C=O) groups excluding carboxylic acids is 1. The summed E-state index contributed by atoms with van der Waals surface area (Å²) in [5.41, 5.74) is 1.93. The first-order valence-corrected chi connectivity index (χ1v) is 7.64. The number of nitro benzene ring substituents is 1. The highest BCUT2D eigenvalue weighted by molar-refractivity contribution is 9.10. The summed E-state index contributed by atoms with van der Waals surface area (Å²) in [5.74, 6) is -0.342. The van der Waals surface area contributed by atoms with E-state index in [1.54, 1.807) is 43.3 Å². The van der Waals surface area contributed by atoms with Crippen LogP contribution in [-0.4, -0.2) is 10.9 Å². The van der Waals surface area contributed by atoms with E-state index in [-0.39, 0.29) is 17.8 Å². The number of ether oxygens (including phenoxy) is 1. The van der Waals surface area contributed by atoms with Crippen LogP contribution in [0.25, 0.3) is 0 Å². The van der Waals surface area contributed by atoms with Gasteiger partial charge in [-0.15, -0.1) is 0 Å². The molecule has 0 radical (unpaired) electrons. The van der Waals surface area contributed by atoms with Crippen molar-refractivity contribution in [2.24, 2.45) is 0 Å². The van der Waals surface area contributed by atoms with E-state index in [9.17, 15) is 14.9 Å². The van der Waals surface area contributed by atoms with Crippen LogP contribution in [0.5, 0.6) is 0 Å². The molecule has 6 nitrogen and oxygen atoms in total. The number of esters is 1. The van der Waals surface area contributed by atoms with Crippen molar-refractivity contribution in [1.29, 1.82) is 0 Å². The molecule has 120 valence electrons. The van der Waals surface area contributed by atoms with Gasteiger partial charge in [-0.25, -0.2) is 0 Å². The minimum Gasteiger partial charge on any atom is -0.458 e. The Bertz CT molecular complexity index is 731. The fourth-order valence-corrected chi connectivity index (χ4v) is 2.42. The zero-order valence-electron chi connectivity index (χ0n) is 12.6. The average molecular weight is 379 g/mol. The number of nitro groups is 1. The second kappa shape index (κ2) is 7.23. The Morgan fingerprint density at radius 3 is 2.48 bits per heavy atom. The van der Waals surface area contributed by atoms with Crippen molar-refractivity contribution in [2.45, 2.75) is 20.0 Å². The summed E-state index contributed by atoms with van der Waals surface area (Å²) in [6.07, 6.45) is -0.344. The molecule has 2 aromatic rings. The second-order valence-electron chi connectivity index (χ2n) is 4.92. The Morgan fingerprint density at radius 1 is 1.26 bits per heavy atom. The van der Waals surface area contributed by atoms with Crippen LogP contribution in [0.15, 0.2) is 46.9 Å². The third kappa shape index (κ3) is 4.53. The minimum atomic E-state index is -0.440. The van der Waals surface area contributed by atoms with Gasteiger partial charge in [0, 0.05) is 23.2 Å². The third-order valence-corrected chi connectivity index (χ3v) is 3.65. The fourth-order valence-electron chi connectivity index (χ4n) is 2.07. The van der Waals surface area contributed by atoms with Crippen LogP contribution in [-0.2, 0) is 9.53 Å². The molecule has 0 saturated heterocycles. The monoisotopic (exact) mass is 378 g/mol. The molecular formula is C16H15BrN2O4. The van der Waals surface area contributed by atoms with E-state index in [4.69, 9.17) is 4.74 Å². The zero-order chi connectivity index (χ0) is 17.0. The summed E-state index contributed by atoms with van der Waals surface area (Å²) in [7, 11) is 0. The highest BCUT2D eigenvalue weighted by Gasteiger charge is 2.14. The van der Waals surface area contributed by atoms with Gasteiger partial charge in [-0.05, 0) is 36.8 Å². The first kappa shape index (κ1) is 17.0. The van der Waals surface area contributed by atoms with Gasteiger partial charge in [-0.3, -0.25) is 14.9 Å². The van der Waals surface area contributed by atoms with E-state index < -0.39 is 4.92 Å². The summed E-state index contributed by atoms with van der Waals surface area (Å²) in [4.78, 5) is 21.6. The van der Waals surface area contributed by atoms with Crippen molar-refractivity contribution in [1.82, 2.24) is 0 Å². The van der Waals surface area contributed by atoms with E-state index in [0.29, 0.717) is 15.8 Å². The molecule has 2 aromatic carbocycles. The molecule has 0 aliphatic heterocycles. The molecule has 23 heavy (non-hydrogen) atoms. The van der Waals surface area contributed by atoms with Crippen LogP contribution in [0, 0.1) is 10.1 Å². The maximum absolute atomic E-state index is 11.1. The van der Waals surface area contributed by atoms with E-state index in [0.717, 1.165) is 5.56 Å². The lowest BCUT2D eigenvalue weighted by Crippen LogP contribution is -2.04. The number of hydrogen-bond donors (Lipinski definition) is 1. The van der Waals surface area contributed by atoms with Gasteiger partial charge in [0.25, 0.3) is 5.69 Å². The van der Waals surface area contributed by atoms with Crippen molar-refractivity contribution < 1.29 is 14.5 Å². The van der Waals surface area contributed by atoms with Crippen molar-refractivity contribution in [3.8, 4) is 0 Å². The minimum absolute atomic E-state index is 0.0169. The third-order valence-electron chi connectivity index (χ3n) is 3.16. The number of nitrogens with zero attached hydrogens (tertiary/aromatic N) is 1. The molecule has 1 atom stereocenters. The van der Waals surface area contributed by atoms with Crippen LogP contribution >= 0.6 is 15.9 Å². The number of rotatable bonds is 5. The second-order valence-corrected chi connectivity index (χ2v) is 5.83. The Morgan fingerprint density at radius 2 is 1.91 bits per heavy atom. The number of halogens is 1. The topological polar surface area (TPSA) is 81.5 Å². The SMILES string of the molecule is CC(=O)OC(C)c1ccc(Nc2ccc(Br)cc2[N+](=O)[O-])cc1. The lowest BCUT2D eigenvalue weighted by atomic mass is 10.1. The Balaban J connectivity index is 2.19. The summed E-state index contributed by atoms with van der Waals surface area (Å²) >= 11 is 3.22. The molecule has 0 heterocycles. The van der Waals surface area contributed by atoms with Gasteiger partial charge < -0.3 is 10.1 Å². The molecule has 0 amide bonds. The smallest absolute Gasteiger partial charge is 0.303 e. The van der Waals surface area contributed by atoms with Crippen molar-refractivity contribution in [2.75, 3.05) is 5.32 Å². The predicted molar refractivity (Wildman–Crippen MR) is 90.7 cm³/mol. The van der Waals surface area contributed by atoms with Crippen LogP contribution in [0.4, 0.5) is 17.1 Å². The van der Waals surface area contributed by atoms with Gasteiger partial charge in [-0.2, -0.15) is 0 Å². The quantitative estimate of drug-likeness (QED) is 0.462. The average Bonchev–Trinajstić information content (AvgIpc) is 2.49. The predicted octanol–water partition coefficient (Wildman–Crippen LogP) is 4.73. The number of anilines is 2. The van der Waals surface area contributed by atoms with Crippen LogP contribution in [0.2, 0.25) is 0 Å². The van der Waals surface area contributed by atoms with Gasteiger partial charge >= 0.3 is 5.97 Å². The molecule has 0 fully saturated rings. The molecule has 0 aliphatic rings. The molecular weight excluding hydrogens is 364 g/mol. The lowest BCUT2D eigenvalue weighted by Gasteiger charge is -2.13. The highest BCUT2D eigenvalue weighted by atomic mass is 79.9. The zero-order valence-corrected chi connectivity index (χ0v) is 14.2. The summed E-state index contributed by atoms with van der Waals surface area (Å²) < 4.78 is 5.74. The highest BCUT2D eigenvalue weighted by Crippen LogP contribution is 2.31. The van der Waals surface area contributed by atoms with Gasteiger partial charge in [0.15, 0.2) is 0 Å². The molecule has 0 aromatic heterocycles. The van der Waals surface area contributed by atoms with Crippen LogP contribution < -0.4 is 5.32 Å². The fraction of sp³-hybridized carbons (Fsp3) is 0.188. The molecule has 2 rings (SSSR count). The molecule has 0 spiro atoms. The molecule has 0 saturated carbocycles. The normalized spacial score (nSPS) is 11.6. The van der Waals surface area contributed by atoms with Crippen molar-refractivity contribution in [3.05, 3.63) is 62.6 Å². The van der Waals surface area contributed by atoms with E-state index in [1.807, 2.05) is 0 Å². The molecule has 0 bridgehead atoms. The van der Waals surface area contributed by atoms with E-state index >= 15 is 0 Å². The Hall–Kier alpha value is -2.41. The first-order chi connectivity index (χ1) is 10.9. The number of nitrogens with one attached hydrogen (secondary N) is 1. The molecule has 1 N–H and O–H groups in total. The van der Waals surface area contributed by atoms with Gasteiger partial charge in [0.2, 0.25) is 0 Å². The number of hydrogen-bond acceptors (Lipinski definition) is 5. The van der Waals surface area contributed by atoms with E-state index in [2.05, 4.69) is 21.2 Å². The Kier molecular flexibility index (Phi) is 5.33. The number of carbonyl (C=O) groups is 1. The maximum atomic E-state index is 11.1. The van der Waals surface area contributed by atoms with Gasteiger partial charge in [-0.1, -0.05) is 28.1 Å². The largest absolute Gasteiger partial charge is 0.458 e. The standard InChI is InChI=1S/C16H15BrN2O4/c1-10(23-11(2)20)12-3-6-14(7-4-12)18-15-8-5-13(17)9-16(15)19(21)22/h3-10,18H,1-2H3. The van der Waals surface area contributed by atoms with Crippen LogP contribution in [0.1, 0.15) is 25.5 Å². The van der Waals surface area contributed by atoms with Gasteiger partial charge in [0.1, 0.15) is 11.8 Å².